The maximum atomic E-state index is 13.4. The molecule has 3 rings (SSSR count). The van der Waals surface area contributed by atoms with Gasteiger partial charge < -0.3 is 20.1 Å². The quantitative estimate of drug-likeness (QED) is 0.470. The molecule has 3 N–H and O–H groups in total. The van der Waals surface area contributed by atoms with Crippen LogP contribution in [-0.2, 0) is 23.2 Å². The number of carboxylic acid groups (broad SMARTS) is 1. The zero-order valence-corrected chi connectivity index (χ0v) is 20.8. The molecular weight excluding hydrogens is 448 g/mol. The van der Waals surface area contributed by atoms with E-state index < -0.39 is 17.3 Å². The van der Waals surface area contributed by atoms with Crippen LogP contribution in [0.4, 0.5) is 0 Å². The van der Waals surface area contributed by atoms with Gasteiger partial charge in [0.05, 0.1) is 25.6 Å². The number of amidine groups is 1. The van der Waals surface area contributed by atoms with Gasteiger partial charge in [-0.05, 0) is 30.0 Å². The Morgan fingerprint density at radius 3 is 2.54 bits per heavy atom. The number of ketones is 1. The predicted octanol–water partition coefficient (Wildman–Crippen LogP) is 3.18. The molecule has 1 aromatic carbocycles. The Hall–Kier alpha value is -3.75. The van der Waals surface area contributed by atoms with Crippen molar-refractivity contribution in [1.82, 2.24) is 15.2 Å². The van der Waals surface area contributed by atoms with Crippen LogP contribution in [0.15, 0.2) is 24.3 Å². The molecule has 0 saturated heterocycles. The van der Waals surface area contributed by atoms with Gasteiger partial charge in [-0.1, -0.05) is 33.8 Å². The van der Waals surface area contributed by atoms with Gasteiger partial charge in [0, 0.05) is 35.5 Å². The Bertz CT molecular complexity index is 1180. The van der Waals surface area contributed by atoms with E-state index in [1.165, 1.54) is 13.2 Å². The number of methoxy groups -OCH3 is 1. The molecular formula is C26H32N4O5. The van der Waals surface area contributed by atoms with Crippen molar-refractivity contribution in [2.75, 3.05) is 20.2 Å². The topological polar surface area (TPSA) is 133 Å². The Balaban J connectivity index is 1.92. The number of amides is 1. The molecule has 9 nitrogen and oxygen atoms in total. The highest BCUT2D eigenvalue weighted by atomic mass is 16.5. The molecule has 1 amide bonds. The molecule has 0 bridgehead atoms. The standard InChI is InChI=1S/C26H32N4O5/c1-6-17-8-7-15-13-30(24(27)22(15)29-17)14-20(31)16-11-18(25(34)28-10-9-21(32)33)23(35-5)19(12-16)26(2,3)4/h7-8,11-12,27H,6,9-10,13-14H2,1-5H3,(H,28,34)(H,32,33). The molecule has 9 heteroatoms. The SMILES string of the molecule is CCc1ccc2c(n1)C(=N)N(CC(=O)c1cc(C(=O)NCCC(=O)O)c(OC)c(C(C)(C)C)c1)C2. The first kappa shape index (κ1) is 25.9. The summed E-state index contributed by atoms with van der Waals surface area (Å²) in [7, 11) is 1.46. The van der Waals surface area contributed by atoms with Crippen molar-refractivity contribution in [1.29, 1.82) is 5.41 Å². The van der Waals surface area contributed by atoms with Crippen molar-refractivity contribution < 1.29 is 24.2 Å². The third-order valence-corrected chi connectivity index (χ3v) is 5.93. The molecule has 1 aliphatic rings. The first-order valence-corrected chi connectivity index (χ1v) is 11.5. The van der Waals surface area contributed by atoms with E-state index in [0.717, 1.165) is 17.7 Å². The summed E-state index contributed by atoms with van der Waals surface area (Å²) in [6.07, 6.45) is 0.544. The smallest absolute Gasteiger partial charge is 0.305 e. The number of pyridine rings is 1. The third-order valence-electron chi connectivity index (χ3n) is 5.93. The van der Waals surface area contributed by atoms with Crippen LogP contribution in [0.2, 0.25) is 0 Å². The molecule has 0 atom stereocenters. The summed E-state index contributed by atoms with van der Waals surface area (Å²) in [6.45, 7) is 8.20. The van der Waals surface area contributed by atoms with Crippen LogP contribution >= 0.6 is 0 Å². The second kappa shape index (κ2) is 10.2. The van der Waals surface area contributed by atoms with Gasteiger partial charge in [0.25, 0.3) is 5.91 Å². The molecule has 35 heavy (non-hydrogen) atoms. The number of Topliss-reactive ketones (excluding diaryl/α,β-unsaturated/α-hetero) is 1. The fraction of sp³-hybridized carbons (Fsp3) is 0.423. The number of carboxylic acids is 1. The summed E-state index contributed by atoms with van der Waals surface area (Å²) in [6, 6.07) is 7.10. The largest absolute Gasteiger partial charge is 0.496 e. The van der Waals surface area contributed by atoms with Crippen LogP contribution in [0.1, 0.15) is 77.3 Å². The molecule has 0 radical (unpaired) electrons. The summed E-state index contributed by atoms with van der Waals surface area (Å²) < 4.78 is 5.56. The number of benzene rings is 1. The molecule has 0 saturated carbocycles. The average molecular weight is 481 g/mol. The molecule has 0 unspecified atom stereocenters. The number of fused-ring (bicyclic) bond motifs is 1. The fourth-order valence-electron chi connectivity index (χ4n) is 4.01. The van der Waals surface area contributed by atoms with Gasteiger partial charge in [0.1, 0.15) is 17.3 Å². The lowest BCUT2D eigenvalue weighted by Gasteiger charge is -2.25. The first-order valence-electron chi connectivity index (χ1n) is 11.5. The van der Waals surface area contributed by atoms with E-state index in [2.05, 4.69) is 10.3 Å². The van der Waals surface area contributed by atoms with E-state index in [9.17, 15) is 14.4 Å². The monoisotopic (exact) mass is 480 g/mol. The van der Waals surface area contributed by atoms with E-state index in [1.54, 1.807) is 11.0 Å². The number of nitrogens with one attached hydrogen (secondary N) is 2. The number of carbonyl (C=O) groups excluding carboxylic acids is 2. The highest BCUT2D eigenvalue weighted by Crippen LogP contribution is 2.36. The number of ether oxygens (including phenoxy) is 1. The highest BCUT2D eigenvalue weighted by Gasteiger charge is 2.30. The number of aromatic nitrogens is 1. The molecule has 0 spiro atoms. The number of nitrogens with zero attached hydrogens (tertiary/aromatic N) is 2. The molecule has 0 aliphatic carbocycles. The minimum Gasteiger partial charge on any atom is -0.496 e. The first-order chi connectivity index (χ1) is 16.5. The lowest BCUT2D eigenvalue weighted by molar-refractivity contribution is -0.136. The van der Waals surface area contributed by atoms with Gasteiger partial charge in [-0.25, -0.2) is 4.98 Å². The lowest BCUT2D eigenvalue weighted by atomic mass is 9.83. The van der Waals surface area contributed by atoms with Gasteiger partial charge in [-0.15, -0.1) is 0 Å². The van der Waals surface area contributed by atoms with Crippen molar-refractivity contribution in [3.63, 3.8) is 0 Å². The predicted molar refractivity (Wildman–Crippen MR) is 131 cm³/mol. The fourth-order valence-corrected chi connectivity index (χ4v) is 4.01. The second-order valence-electron chi connectivity index (χ2n) is 9.55. The Labute approximate surface area is 205 Å². The van der Waals surface area contributed by atoms with Crippen LogP contribution in [0.25, 0.3) is 0 Å². The molecule has 1 aromatic heterocycles. The Kier molecular flexibility index (Phi) is 7.57. The van der Waals surface area contributed by atoms with E-state index in [1.807, 2.05) is 39.8 Å². The van der Waals surface area contributed by atoms with Crippen LogP contribution < -0.4 is 10.1 Å². The molecule has 1 aliphatic heterocycles. The van der Waals surface area contributed by atoms with Gasteiger partial charge in [0.15, 0.2) is 5.78 Å². The number of hydrogen-bond acceptors (Lipinski definition) is 6. The summed E-state index contributed by atoms with van der Waals surface area (Å²) in [5, 5.41) is 20.0. The average Bonchev–Trinajstić information content (AvgIpc) is 3.11. The molecule has 0 fully saturated rings. The van der Waals surface area contributed by atoms with Crippen molar-refractivity contribution in [3.8, 4) is 5.75 Å². The normalized spacial score (nSPS) is 12.9. The molecule has 186 valence electrons. The van der Waals surface area contributed by atoms with Crippen LogP contribution in [0.3, 0.4) is 0 Å². The molecule has 2 heterocycles. The summed E-state index contributed by atoms with van der Waals surface area (Å²) in [4.78, 5) is 43.3. The Morgan fingerprint density at radius 1 is 1.23 bits per heavy atom. The van der Waals surface area contributed by atoms with Gasteiger partial charge >= 0.3 is 5.97 Å². The highest BCUT2D eigenvalue weighted by molar-refractivity contribution is 6.06. The number of rotatable bonds is 9. The van der Waals surface area contributed by atoms with Crippen molar-refractivity contribution >= 4 is 23.5 Å². The van der Waals surface area contributed by atoms with Crippen molar-refractivity contribution in [2.24, 2.45) is 0 Å². The minimum atomic E-state index is -1.02. The number of hydrogen-bond donors (Lipinski definition) is 3. The minimum absolute atomic E-state index is 0.0351. The lowest BCUT2D eigenvalue weighted by Crippen LogP contribution is -2.31. The second-order valence-corrected chi connectivity index (χ2v) is 9.55. The van der Waals surface area contributed by atoms with Gasteiger partial charge in [0.2, 0.25) is 0 Å². The number of carbonyl (C=O) groups is 3. The zero-order chi connectivity index (χ0) is 25.9. The van der Waals surface area contributed by atoms with Crippen LogP contribution in [0.5, 0.6) is 5.75 Å². The molecule has 2 aromatic rings. The van der Waals surface area contributed by atoms with Crippen molar-refractivity contribution in [3.05, 3.63) is 57.9 Å². The van der Waals surface area contributed by atoms with Gasteiger partial charge in [-0.3, -0.25) is 19.8 Å². The number of aryl methyl sites for hydroxylation is 1. The summed E-state index contributed by atoms with van der Waals surface area (Å²) in [5.74, 6) is -1.22. The van der Waals surface area contributed by atoms with Crippen LogP contribution in [0, 0.1) is 5.41 Å². The zero-order valence-electron chi connectivity index (χ0n) is 20.8. The third kappa shape index (κ3) is 5.67. The van der Waals surface area contributed by atoms with Gasteiger partial charge in [-0.2, -0.15) is 0 Å². The van der Waals surface area contributed by atoms with E-state index in [0.29, 0.717) is 29.1 Å². The Morgan fingerprint density at radius 2 is 1.94 bits per heavy atom. The van der Waals surface area contributed by atoms with Crippen LogP contribution in [-0.4, -0.2) is 58.7 Å². The summed E-state index contributed by atoms with van der Waals surface area (Å²) >= 11 is 0. The number of aliphatic carboxylic acids is 1. The maximum absolute atomic E-state index is 13.4. The summed E-state index contributed by atoms with van der Waals surface area (Å²) in [5.41, 5.74) is 3.14. The van der Waals surface area contributed by atoms with Crippen molar-refractivity contribution in [2.45, 2.75) is 52.5 Å². The van der Waals surface area contributed by atoms with E-state index in [4.69, 9.17) is 15.3 Å². The van der Waals surface area contributed by atoms with E-state index >= 15 is 0 Å². The van der Waals surface area contributed by atoms with E-state index in [-0.39, 0.29) is 36.7 Å². The maximum Gasteiger partial charge on any atom is 0.305 e.